The van der Waals surface area contributed by atoms with Gasteiger partial charge in [-0.25, -0.2) is 14.1 Å². The summed E-state index contributed by atoms with van der Waals surface area (Å²) < 4.78 is 82.9. The molecule has 4 rings (SSSR count). The number of halogens is 7. The SMILES string of the molecule is C=Cc1cccc(Cl)c1-c1nc(-c2sc(-c3ccc(OC(F)(F)C(F)C(F)(F)F)cc3)cc2C)n(C)n1. The molecule has 0 amide bonds. The fraction of sp³-hybridized carbons (Fsp3) is 0.200. The lowest BCUT2D eigenvalue weighted by Gasteiger charge is -2.23. The molecule has 0 aliphatic carbocycles. The number of aryl methyl sites for hydroxylation is 2. The van der Waals surface area contributed by atoms with Gasteiger partial charge in [-0.05, 0) is 60.0 Å². The Morgan fingerprint density at radius 3 is 2.41 bits per heavy atom. The summed E-state index contributed by atoms with van der Waals surface area (Å²) in [6, 6.07) is 12.1. The Morgan fingerprint density at radius 2 is 1.78 bits per heavy atom. The van der Waals surface area contributed by atoms with E-state index in [1.807, 2.05) is 19.1 Å². The number of nitrogens with zero attached hydrogens (tertiary/aromatic N) is 3. The summed E-state index contributed by atoms with van der Waals surface area (Å²) in [5.74, 6) is 0.379. The standard InChI is InChI=1S/C25H18ClF6N3OS/c1-4-14-6-5-7-17(26)19(14)21-33-22(35(3)34-21)20-13(2)12-18(37-20)15-8-10-16(11-9-15)36-25(31,32)23(27)24(28,29)30/h4-12,23H,1H2,2-3H3. The van der Waals surface area contributed by atoms with Crippen LogP contribution >= 0.6 is 22.9 Å². The van der Waals surface area contributed by atoms with E-state index in [9.17, 15) is 26.3 Å². The predicted octanol–water partition coefficient (Wildman–Crippen LogP) is 8.35. The van der Waals surface area contributed by atoms with Gasteiger partial charge in [-0.3, -0.25) is 0 Å². The van der Waals surface area contributed by atoms with Crippen molar-refractivity contribution < 1.29 is 31.1 Å². The van der Waals surface area contributed by atoms with E-state index in [1.54, 1.807) is 29.9 Å². The molecule has 2 aromatic carbocycles. The van der Waals surface area contributed by atoms with Gasteiger partial charge in [-0.15, -0.1) is 11.3 Å². The van der Waals surface area contributed by atoms with Crippen LogP contribution in [-0.2, 0) is 7.05 Å². The fourth-order valence-corrected chi connectivity index (χ4v) is 5.03. The number of thiophene rings is 1. The third-order valence-electron chi connectivity index (χ3n) is 5.35. The highest BCUT2D eigenvalue weighted by atomic mass is 35.5. The smallest absolute Gasteiger partial charge is 0.430 e. The number of benzene rings is 2. The first-order chi connectivity index (χ1) is 17.3. The molecule has 0 saturated heterocycles. The Hall–Kier alpha value is -3.31. The zero-order chi connectivity index (χ0) is 27.1. The molecule has 0 N–H and O–H groups in total. The molecule has 4 aromatic rings. The molecule has 0 saturated carbocycles. The van der Waals surface area contributed by atoms with Gasteiger partial charge in [0.15, 0.2) is 11.6 Å². The first kappa shape index (κ1) is 26.7. The summed E-state index contributed by atoms with van der Waals surface area (Å²) in [5.41, 5.74) is 2.87. The van der Waals surface area contributed by atoms with Crippen molar-refractivity contribution in [1.29, 1.82) is 0 Å². The Kier molecular flexibility index (Phi) is 7.13. The van der Waals surface area contributed by atoms with Crippen molar-refractivity contribution >= 4 is 29.0 Å². The molecule has 2 aromatic heterocycles. The van der Waals surface area contributed by atoms with E-state index in [2.05, 4.69) is 21.4 Å². The molecule has 2 heterocycles. The minimum absolute atomic E-state index is 0.416. The summed E-state index contributed by atoms with van der Waals surface area (Å²) in [5, 5.41) is 4.98. The maximum Gasteiger partial charge on any atom is 0.439 e. The third kappa shape index (κ3) is 5.37. The van der Waals surface area contributed by atoms with E-state index in [0.717, 1.165) is 33.0 Å². The lowest BCUT2D eigenvalue weighted by Crippen LogP contribution is -2.45. The second kappa shape index (κ2) is 9.86. The second-order valence-electron chi connectivity index (χ2n) is 8.01. The molecule has 0 aliphatic heterocycles. The first-order valence-electron chi connectivity index (χ1n) is 10.6. The Morgan fingerprint density at radius 1 is 1.11 bits per heavy atom. The van der Waals surface area contributed by atoms with Gasteiger partial charge < -0.3 is 4.74 Å². The van der Waals surface area contributed by atoms with Crippen LogP contribution in [0, 0.1) is 6.92 Å². The van der Waals surface area contributed by atoms with Crippen LogP contribution in [0.1, 0.15) is 11.1 Å². The van der Waals surface area contributed by atoms with E-state index in [4.69, 9.17) is 11.6 Å². The van der Waals surface area contributed by atoms with Crippen LogP contribution in [0.2, 0.25) is 5.02 Å². The van der Waals surface area contributed by atoms with Gasteiger partial charge in [0.2, 0.25) is 0 Å². The minimum atomic E-state index is -5.76. The van der Waals surface area contributed by atoms with Crippen LogP contribution in [0.5, 0.6) is 5.75 Å². The number of alkyl halides is 6. The van der Waals surface area contributed by atoms with Gasteiger partial charge in [0.25, 0.3) is 6.17 Å². The molecule has 12 heteroatoms. The Balaban J connectivity index is 1.61. The van der Waals surface area contributed by atoms with Crippen LogP contribution in [0.25, 0.3) is 38.6 Å². The maximum atomic E-state index is 13.6. The van der Waals surface area contributed by atoms with Gasteiger partial charge in [0, 0.05) is 17.5 Å². The van der Waals surface area contributed by atoms with E-state index in [-0.39, 0.29) is 0 Å². The quantitative estimate of drug-likeness (QED) is 0.214. The van der Waals surface area contributed by atoms with E-state index in [1.165, 1.54) is 23.5 Å². The molecule has 0 fully saturated rings. The molecule has 0 spiro atoms. The number of ether oxygens (including phenoxy) is 1. The average molecular weight is 558 g/mol. The van der Waals surface area contributed by atoms with E-state index < -0.39 is 24.2 Å². The van der Waals surface area contributed by atoms with E-state index >= 15 is 0 Å². The Bertz CT molecular complexity index is 1450. The van der Waals surface area contributed by atoms with Gasteiger partial charge in [0.1, 0.15) is 5.75 Å². The molecular formula is C25H18ClF6N3OS. The molecular weight excluding hydrogens is 540 g/mol. The van der Waals surface area contributed by atoms with Crippen molar-refractivity contribution in [2.24, 2.45) is 7.05 Å². The van der Waals surface area contributed by atoms with Crippen molar-refractivity contribution in [3.8, 4) is 38.3 Å². The largest absolute Gasteiger partial charge is 0.439 e. The van der Waals surface area contributed by atoms with Crippen LogP contribution in [0.3, 0.4) is 0 Å². The molecule has 37 heavy (non-hydrogen) atoms. The van der Waals surface area contributed by atoms with Crippen molar-refractivity contribution in [1.82, 2.24) is 14.8 Å². The normalized spacial score (nSPS) is 13.0. The van der Waals surface area contributed by atoms with Crippen molar-refractivity contribution in [2.45, 2.75) is 25.4 Å². The highest BCUT2D eigenvalue weighted by Crippen LogP contribution is 2.40. The van der Waals surface area contributed by atoms with Crippen LogP contribution in [0.15, 0.2) is 55.1 Å². The highest BCUT2D eigenvalue weighted by Gasteiger charge is 2.59. The van der Waals surface area contributed by atoms with Gasteiger partial charge in [-0.1, -0.05) is 36.4 Å². The van der Waals surface area contributed by atoms with Gasteiger partial charge >= 0.3 is 12.3 Å². The lowest BCUT2D eigenvalue weighted by atomic mass is 10.1. The summed E-state index contributed by atoms with van der Waals surface area (Å²) in [6.07, 6.45) is -13.6. The first-order valence-corrected chi connectivity index (χ1v) is 11.8. The highest BCUT2D eigenvalue weighted by molar-refractivity contribution is 7.19. The van der Waals surface area contributed by atoms with Crippen LogP contribution in [0.4, 0.5) is 26.3 Å². The summed E-state index contributed by atoms with van der Waals surface area (Å²) >= 11 is 7.75. The molecule has 0 aliphatic rings. The molecule has 0 radical (unpaired) electrons. The van der Waals surface area contributed by atoms with E-state index in [0.29, 0.717) is 27.8 Å². The summed E-state index contributed by atoms with van der Waals surface area (Å²) in [6.45, 7) is 5.67. The molecule has 1 unspecified atom stereocenters. The maximum absolute atomic E-state index is 13.6. The molecule has 0 bridgehead atoms. The predicted molar refractivity (Wildman–Crippen MR) is 132 cm³/mol. The molecule has 4 nitrogen and oxygen atoms in total. The third-order valence-corrected chi connectivity index (χ3v) is 6.95. The topological polar surface area (TPSA) is 39.9 Å². The number of hydrogen-bond acceptors (Lipinski definition) is 4. The zero-order valence-corrected chi connectivity index (χ0v) is 20.9. The minimum Gasteiger partial charge on any atom is -0.430 e. The van der Waals surface area contributed by atoms with Crippen molar-refractivity contribution in [3.05, 3.63) is 71.3 Å². The van der Waals surface area contributed by atoms with Gasteiger partial charge in [0.05, 0.1) is 9.90 Å². The van der Waals surface area contributed by atoms with Crippen molar-refractivity contribution in [3.63, 3.8) is 0 Å². The Labute approximate surface area is 216 Å². The van der Waals surface area contributed by atoms with Gasteiger partial charge in [-0.2, -0.15) is 27.1 Å². The molecule has 1 atom stereocenters. The number of rotatable bonds is 7. The van der Waals surface area contributed by atoms with Crippen molar-refractivity contribution in [2.75, 3.05) is 0 Å². The van der Waals surface area contributed by atoms with Crippen LogP contribution in [-0.4, -0.2) is 33.2 Å². The monoisotopic (exact) mass is 557 g/mol. The zero-order valence-electron chi connectivity index (χ0n) is 19.3. The van der Waals surface area contributed by atoms with Crippen LogP contribution < -0.4 is 4.74 Å². The second-order valence-corrected chi connectivity index (χ2v) is 9.47. The summed E-state index contributed by atoms with van der Waals surface area (Å²) in [7, 11) is 1.74. The summed E-state index contributed by atoms with van der Waals surface area (Å²) in [4.78, 5) is 6.20. The molecule has 194 valence electrons. The number of hydrogen-bond donors (Lipinski definition) is 0. The average Bonchev–Trinajstić information content (AvgIpc) is 3.39. The number of aromatic nitrogens is 3. The lowest BCUT2D eigenvalue weighted by molar-refractivity contribution is -0.304. The fourth-order valence-electron chi connectivity index (χ4n) is 3.57.